The number of likely N-dealkylation sites (tertiary alicyclic amines) is 1. The molecule has 1 aromatic carbocycles. The summed E-state index contributed by atoms with van der Waals surface area (Å²) >= 11 is 0. The summed E-state index contributed by atoms with van der Waals surface area (Å²) in [5.41, 5.74) is 3.81. The molecule has 0 saturated carbocycles. The second-order valence-electron chi connectivity index (χ2n) is 8.71. The molecule has 2 aromatic heterocycles. The first-order valence-electron chi connectivity index (χ1n) is 11.1. The van der Waals surface area contributed by atoms with Crippen molar-refractivity contribution in [1.82, 2.24) is 10.2 Å². The Morgan fingerprint density at radius 1 is 1.13 bits per heavy atom. The average Bonchev–Trinajstić information content (AvgIpc) is 3.25. The zero-order valence-electron chi connectivity index (χ0n) is 18.2. The van der Waals surface area contributed by atoms with Gasteiger partial charge in [0.25, 0.3) is 0 Å². The van der Waals surface area contributed by atoms with Gasteiger partial charge in [0.05, 0.1) is 12.3 Å². The van der Waals surface area contributed by atoms with Crippen LogP contribution in [-0.4, -0.2) is 24.5 Å². The molecule has 5 heteroatoms. The molecule has 1 saturated heterocycles. The number of hydrogen-bond donors (Lipinski definition) is 1. The molecule has 4 rings (SSSR count). The van der Waals surface area contributed by atoms with Crippen molar-refractivity contribution >= 4 is 11.0 Å². The number of fused-ring (bicyclic) bond motifs is 1. The van der Waals surface area contributed by atoms with Crippen LogP contribution in [0.1, 0.15) is 67.5 Å². The van der Waals surface area contributed by atoms with Crippen LogP contribution in [0.25, 0.3) is 11.0 Å². The molecule has 1 aliphatic rings. The van der Waals surface area contributed by atoms with Gasteiger partial charge < -0.3 is 14.2 Å². The summed E-state index contributed by atoms with van der Waals surface area (Å²) in [7, 11) is 0. The third-order valence-electron chi connectivity index (χ3n) is 6.20. The van der Waals surface area contributed by atoms with Crippen LogP contribution in [0, 0.1) is 6.92 Å². The van der Waals surface area contributed by atoms with Gasteiger partial charge in [0.1, 0.15) is 11.3 Å². The largest absolute Gasteiger partial charge is 0.468 e. The van der Waals surface area contributed by atoms with E-state index in [1.54, 1.807) is 12.3 Å². The van der Waals surface area contributed by atoms with Crippen molar-refractivity contribution in [3.05, 3.63) is 69.5 Å². The van der Waals surface area contributed by atoms with Gasteiger partial charge in [-0.05, 0) is 79.7 Å². The monoisotopic (exact) mass is 408 g/mol. The molecule has 0 bridgehead atoms. The lowest BCUT2D eigenvalue weighted by molar-refractivity contribution is 0.142. The Kier molecular flexibility index (Phi) is 6.40. The van der Waals surface area contributed by atoms with Gasteiger partial charge in [-0.3, -0.25) is 4.90 Å². The Bertz CT molecular complexity index is 1030. The minimum Gasteiger partial charge on any atom is -0.468 e. The lowest BCUT2D eigenvalue weighted by Gasteiger charge is -2.33. The van der Waals surface area contributed by atoms with E-state index < -0.39 is 0 Å². The minimum atomic E-state index is -0.297. The lowest BCUT2D eigenvalue weighted by Crippen LogP contribution is -2.38. The predicted octanol–water partition coefficient (Wildman–Crippen LogP) is 5.13. The number of furan rings is 1. The van der Waals surface area contributed by atoms with Crippen LogP contribution in [0.2, 0.25) is 0 Å². The zero-order valence-corrected chi connectivity index (χ0v) is 18.2. The summed E-state index contributed by atoms with van der Waals surface area (Å²) < 4.78 is 11.2. The number of piperidine rings is 1. The van der Waals surface area contributed by atoms with Crippen LogP contribution >= 0.6 is 0 Å². The van der Waals surface area contributed by atoms with Crippen molar-refractivity contribution in [2.45, 2.75) is 58.5 Å². The fourth-order valence-electron chi connectivity index (χ4n) is 4.62. The minimum absolute atomic E-state index is 0.208. The molecule has 0 radical (unpaired) electrons. The van der Waals surface area contributed by atoms with E-state index in [0.29, 0.717) is 18.0 Å². The van der Waals surface area contributed by atoms with E-state index in [1.165, 1.54) is 24.8 Å². The molecule has 0 unspecified atom stereocenters. The van der Waals surface area contributed by atoms with Crippen molar-refractivity contribution < 1.29 is 8.83 Å². The van der Waals surface area contributed by atoms with Gasteiger partial charge in [-0.2, -0.15) is 0 Å². The van der Waals surface area contributed by atoms with Crippen LogP contribution in [-0.2, 0) is 6.54 Å². The normalized spacial score (nSPS) is 16.4. The van der Waals surface area contributed by atoms with Gasteiger partial charge in [0.2, 0.25) is 0 Å². The molecule has 1 atom stereocenters. The SMILES string of the molecule is Cc1cc2oc(=O)cc(CNC[C@@H](c3ccco3)N3CCCCC3)c2cc1C(C)C. The van der Waals surface area contributed by atoms with Gasteiger partial charge in [-0.25, -0.2) is 4.79 Å². The van der Waals surface area contributed by atoms with E-state index >= 15 is 0 Å². The maximum absolute atomic E-state index is 12.1. The first-order valence-corrected chi connectivity index (χ1v) is 11.1. The molecule has 3 aromatic rings. The molecule has 1 fully saturated rings. The molecule has 30 heavy (non-hydrogen) atoms. The van der Waals surface area contributed by atoms with E-state index in [1.807, 2.05) is 12.1 Å². The number of aryl methyl sites for hydroxylation is 1. The van der Waals surface area contributed by atoms with Crippen molar-refractivity contribution in [2.75, 3.05) is 19.6 Å². The smallest absolute Gasteiger partial charge is 0.336 e. The number of nitrogens with zero attached hydrogens (tertiary/aromatic N) is 1. The molecular weight excluding hydrogens is 376 g/mol. The summed E-state index contributed by atoms with van der Waals surface area (Å²) in [4.78, 5) is 14.7. The predicted molar refractivity (Wildman–Crippen MR) is 120 cm³/mol. The van der Waals surface area contributed by atoms with Gasteiger partial charge >= 0.3 is 5.63 Å². The summed E-state index contributed by atoms with van der Waals surface area (Å²) in [6.45, 7) is 10.1. The van der Waals surface area contributed by atoms with Crippen molar-refractivity contribution in [3.63, 3.8) is 0 Å². The Balaban J connectivity index is 1.56. The van der Waals surface area contributed by atoms with Crippen LogP contribution < -0.4 is 10.9 Å². The van der Waals surface area contributed by atoms with Crippen LogP contribution in [0.3, 0.4) is 0 Å². The first-order chi connectivity index (χ1) is 14.5. The number of benzene rings is 1. The maximum atomic E-state index is 12.1. The van der Waals surface area contributed by atoms with Crippen molar-refractivity contribution in [3.8, 4) is 0 Å². The maximum Gasteiger partial charge on any atom is 0.336 e. The van der Waals surface area contributed by atoms with Gasteiger partial charge in [-0.1, -0.05) is 20.3 Å². The van der Waals surface area contributed by atoms with Gasteiger partial charge in [0.15, 0.2) is 0 Å². The van der Waals surface area contributed by atoms with E-state index in [4.69, 9.17) is 8.83 Å². The average molecular weight is 409 g/mol. The molecule has 0 aliphatic carbocycles. The van der Waals surface area contributed by atoms with Crippen LogP contribution in [0.5, 0.6) is 0 Å². The third-order valence-corrected chi connectivity index (χ3v) is 6.20. The van der Waals surface area contributed by atoms with Crippen molar-refractivity contribution in [2.24, 2.45) is 0 Å². The Hall–Kier alpha value is -2.37. The lowest BCUT2D eigenvalue weighted by atomic mass is 9.95. The van der Waals surface area contributed by atoms with E-state index in [2.05, 4.69) is 43.1 Å². The molecule has 160 valence electrons. The standard InChI is InChI=1S/C25H32N2O3/c1-17(2)20-14-21-19(13-25(28)30-24(21)12-18(20)3)15-26-16-22(23-8-7-11-29-23)27-9-5-4-6-10-27/h7-8,11-14,17,22,26H,4-6,9-10,15-16H2,1-3H3/t22-/m0/s1. The fraction of sp³-hybridized carbons (Fsp3) is 0.480. The second kappa shape index (κ2) is 9.19. The summed E-state index contributed by atoms with van der Waals surface area (Å²) in [5.74, 6) is 1.42. The molecule has 5 nitrogen and oxygen atoms in total. The second-order valence-corrected chi connectivity index (χ2v) is 8.71. The molecule has 0 amide bonds. The molecule has 1 N–H and O–H groups in total. The molecule has 1 aliphatic heterocycles. The Labute approximate surface area is 178 Å². The van der Waals surface area contributed by atoms with Gasteiger partial charge in [-0.15, -0.1) is 0 Å². The highest BCUT2D eigenvalue weighted by Gasteiger charge is 2.24. The molecule has 3 heterocycles. The summed E-state index contributed by atoms with van der Waals surface area (Å²) in [6.07, 6.45) is 5.52. The highest BCUT2D eigenvalue weighted by Crippen LogP contribution is 2.28. The molecular formula is C25H32N2O3. The number of rotatable bonds is 7. The highest BCUT2D eigenvalue weighted by molar-refractivity contribution is 5.82. The van der Waals surface area contributed by atoms with E-state index in [-0.39, 0.29) is 11.7 Å². The Morgan fingerprint density at radius 2 is 1.93 bits per heavy atom. The Morgan fingerprint density at radius 3 is 2.63 bits per heavy atom. The molecule has 0 spiro atoms. The van der Waals surface area contributed by atoms with Crippen LogP contribution in [0.15, 0.2) is 50.2 Å². The topological polar surface area (TPSA) is 58.6 Å². The zero-order chi connectivity index (χ0) is 21.1. The van der Waals surface area contributed by atoms with E-state index in [9.17, 15) is 4.79 Å². The summed E-state index contributed by atoms with van der Waals surface area (Å²) in [6, 6.07) is 10.0. The summed E-state index contributed by atoms with van der Waals surface area (Å²) in [5, 5.41) is 4.61. The van der Waals surface area contributed by atoms with E-state index in [0.717, 1.165) is 41.9 Å². The van der Waals surface area contributed by atoms with Crippen LogP contribution in [0.4, 0.5) is 0 Å². The third kappa shape index (κ3) is 4.52. The quantitative estimate of drug-likeness (QED) is 0.549. The highest BCUT2D eigenvalue weighted by atomic mass is 16.4. The number of nitrogens with one attached hydrogen (secondary N) is 1. The number of hydrogen-bond acceptors (Lipinski definition) is 5. The fourth-order valence-corrected chi connectivity index (χ4v) is 4.62. The van der Waals surface area contributed by atoms with Crippen molar-refractivity contribution in [1.29, 1.82) is 0 Å². The first kappa shape index (κ1) is 20.9. The van der Waals surface area contributed by atoms with Gasteiger partial charge in [0, 0.05) is 24.5 Å².